The van der Waals surface area contributed by atoms with Crippen molar-refractivity contribution in [1.82, 2.24) is 15.5 Å². The van der Waals surface area contributed by atoms with Crippen LogP contribution in [0.2, 0.25) is 0 Å². The highest BCUT2D eigenvalue weighted by atomic mass is 127. The van der Waals surface area contributed by atoms with Crippen molar-refractivity contribution in [2.45, 2.75) is 26.2 Å². The van der Waals surface area contributed by atoms with Crippen LogP contribution < -0.4 is 15.5 Å². The maximum absolute atomic E-state index is 9.37. The highest BCUT2D eigenvalue weighted by Gasteiger charge is 2.34. The maximum atomic E-state index is 9.37. The molecule has 1 atom stereocenters. The smallest absolute Gasteiger partial charge is 0.190 e. The number of aliphatic imine (C=N–C) groups is 1. The lowest BCUT2D eigenvalue weighted by atomic mass is 9.84. The topological polar surface area (TPSA) is 72.4 Å². The van der Waals surface area contributed by atoms with E-state index in [1.54, 1.807) is 0 Å². The van der Waals surface area contributed by atoms with E-state index in [4.69, 9.17) is 4.74 Å². The Morgan fingerprint density at radius 1 is 1.23 bits per heavy atom. The van der Waals surface area contributed by atoms with Gasteiger partial charge in [0.1, 0.15) is 0 Å². The predicted molar refractivity (Wildman–Crippen MR) is 139 cm³/mol. The first-order chi connectivity index (χ1) is 14.6. The van der Waals surface area contributed by atoms with Crippen LogP contribution in [0.25, 0.3) is 0 Å². The Hall–Kier alpha value is -1.10. The summed E-state index contributed by atoms with van der Waals surface area (Å²) in [6.07, 6.45) is 2.85. The molecule has 0 aliphatic carbocycles. The molecule has 0 spiro atoms. The molecule has 3 rings (SSSR count). The number of piperazine rings is 1. The summed E-state index contributed by atoms with van der Waals surface area (Å²) in [4.78, 5) is 9.39. The Labute approximate surface area is 204 Å². The Kier molecular flexibility index (Phi) is 11.3. The van der Waals surface area contributed by atoms with Crippen molar-refractivity contribution >= 4 is 35.6 Å². The van der Waals surface area contributed by atoms with Gasteiger partial charge >= 0.3 is 0 Å². The van der Waals surface area contributed by atoms with Gasteiger partial charge in [-0.1, -0.05) is 12.1 Å². The number of hydrogen-bond donors (Lipinski definition) is 3. The SMILES string of the molecule is CN=C(NCCCN1CCN(c2cccc(C)c2)CC1)NCC1(CCO)CCOC1.I. The summed E-state index contributed by atoms with van der Waals surface area (Å²) in [5.74, 6) is 0.837. The molecule has 0 amide bonds. The zero-order valence-corrected chi connectivity index (χ0v) is 21.4. The molecule has 2 heterocycles. The fourth-order valence-electron chi connectivity index (χ4n) is 4.37. The number of ether oxygens (including phenoxy) is 1. The zero-order chi connectivity index (χ0) is 21.2. The molecule has 2 fully saturated rings. The number of anilines is 1. The number of rotatable bonds is 9. The highest BCUT2D eigenvalue weighted by molar-refractivity contribution is 14.0. The van der Waals surface area contributed by atoms with E-state index in [1.807, 2.05) is 7.05 Å². The number of halogens is 1. The largest absolute Gasteiger partial charge is 0.396 e. The molecule has 1 unspecified atom stereocenters. The van der Waals surface area contributed by atoms with Gasteiger partial charge in [0.15, 0.2) is 5.96 Å². The van der Waals surface area contributed by atoms with Crippen LogP contribution in [-0.2, 0) is 4.74 Å². The number of nitrogens with zero attached hydrogens (tertiary/aromatic N) is 3. The third-order valence-electron chi connectivity index (χ3n) is 6.36. The molecule has 176 valence electrons. The zero-order valence-electron chi connectivity index (χ0n) is 19.1. The Morgan fingerprint density at radius 2 is 2.03 bits per heavy atom. The van der Waals surface area contributed by atoms with E-state index in [9.17, 15) is 5.11 Å². The molecule has 0 radical (unpaired) electrons. The van der Waals surface area contributed by atoms with Gasteiger partial charge in [0.2, 0.25) is 0 Å². The molecule has 0 saturated carbocycles. The van der Waals surface area contributed by atoms with Crippen LogP contribution >= 0.6 is 24.0 Å². The van der Waals surface area contributed by atoms with Gasteiger partial charge in [-0.3, -0.25) is 9.89 Å². The van der Waals surface area contributed by atoms with Crippen molar-refractivity contribution < 1.29 is 9.84 Å². The molecular weight excluding hydrogens is 505 g/mol. The summed E-state index contributed by atoms with van der Waals surface area (Å²) in [7, 11) is 1.81. The Morgan fingerprint density at radius 3 is 2.68 bits per heavy atom. The van der Waals surface area contributed by atoms with Crippen LogP contribution in [0.15, 0.2) is 29.3 Å². The molecule has 1 aromatic carbocycles. The minimum absolute atomic E-state index is 0. The number of guanidine groups is 1. The average molecular weight is 546 g/mol. The fourth-order valence-corrected chi connectivity index (χ4v) is 4.37. The second-order valence-corrected chi connectivity index (χ2v) is 8.65. The van der Waals surface area contributed by atoms with Crippen LogP contribution in [-0.4, -0.2) is 88.6 Å². The third kappa shape index (κ3) is 8.07. The van der Waals surface area contributed by atoms with Gasteiger partial charge in [-0.2, -0.15) is 0 Å². The van der Waals surface area contributed by atoms with E-state index in [1.165, 1.54) is 11.3 Å². The van der Waals surface area contributed by atoms with Gasteiger partial charge in [-0.05, 0) is 50.4 Å². The first kappa shape index (κ1) is 26.2. The van der Waals surface area contributed by atoms with Gasteiger partial charge in [0.05, 0.1) is 6.61 Å². The number of aryl methyl sites for hydroxylation is 1. The lowest BCUT2D eigenvalue weighted by molar-refractivity contribution is 0.127. The minimum Gasteiger partial charge on any atom is -0.396 e. The molecular formula is C23H40IN5O2. The van der Waals surface area contributed by atoms with Gasteiger partial charge < -0.3 is 25.4 Å². The van der Waals surface area contributed by atoms with Gasteiger partial charge in [-0.15, -0.1) is 24.0 Å². The summed E-state index contributed by atoms with van der Waals surface area (Å²) in [5, 5.41) is 16.2. The van der Waals surface area contributed by atoms with E-state index in [-0.39, 0.29) is 36.0 Å². The second-order valence-electron chi connectivity index (χ2n) is 8.65. The molecule has 2 aliphatic rings. The van der Waals surface area contributed by atoms with Crippen molar-refractivity contribution in [2.24, 2.45) is 10.4 Å². The van der Waals surface area contributed by atoms with Crippen LogP contribution in [0.3, 0.4) is 0 Å². The third-order valence-corrected chi connectivity index (χ3v) is 6.36. The number of hydrogen-bond acceptors (Lipinski definition) is 5. The quantitative estimate of drug-likeness (QED) is 0.191. The number of aliphatic hydroxyl groups is 1. The fraction of sp³-hybridized carbons (Fsp3) is 0.696. The van der Waals surface area contributed by atoms with E-state index < -0.39 is 0 Å². The van der Waals surface area contributed by atoms with Gasteiger partial charge in [-0.25, -0.2) is 0 Å². The molecule has 1 aromatic rings. The van der Waals surface area contributed by atoms with Crippen LogP contribution in [0.5, 0.6) is 0 Å². The Bertz CT molecular complexity index is 674. The maximum Gasteiger partial charge on any atom is 0.190 e. The van der Waals surface area contributed by atoms with Crippen LogP contribution in [0.4, 0.5) is 5.69 Å². The number of aliphatic hydroxyl groups excluding tert-OH is 1. The molecule has 0 bridgehead atoms. The standard InChI is InChI=1S/C23H39N5O2.HI/c1-20-5-3-6-21(17-20)28-13-11-27(12-14-28)10-4-9-25-22(24-2)26-18-23(7-15-29)8-16-30-19-23;/h3,5-6,17,29H,4,7-16,18-19H2,1-2H3,(H2,24,25,26);1H. The monoisotopic (exact) mass is 545 g/mol. The van der Waals surface area contributed by atoms with Crippen LogP contribution in [0, 0.1) is 12.3 Å². The van der Waals surface area contributed by atoms with E-state index in [2.05, 4.69) is 56.6 Å². The number of benzene rings is 1. The van der Waals surface area contributed by atoms with Crippen molar-refractivity contribution in [3.05, 3.63) is 29.8 Å². The predicted octanol–water partition coefficient (Wildman–Crippen LogP) is 2.08. The average Bonchev–Trinajstić information content (AvgIpc) is 3.22. The summed E-state index contributed by atoms with van der Waals surface area (Å²) >= 11 is 0. The van der Waals surface area contributed by atoms with Gasteiger partial charge in [0, 0.05) is 70.6 Å². The van der Waals surface area contributed by atoms with Crippen molar-refractivity contribution in [2.75, 3.05) is 77.6 Å². The molecule has 7 nitrogen and oxygen atoms in total. The summed E-state index contributed by atoms with van der Waals surface area (Å²) in [6, 6.07) is 8.80. The highest BCUT2D eigenvalue weighted by Crippen LogP contribution is 2.31. The van der Waals surface area contributed by atoms with E-state index in [0.717, 1.165) is 77.6 Å². The first-order valence-corrected chi connectivity index (χ1v) is 11.3. The lowest BCUT2D eigenvalue weighted by Gasteiger charge is -2.36. The molecule has 31 heavy (non-hydrogen) atoms. The molecule has 2 aliphatic heterocycles. The first-order valence-electron chi connectivity index (χ1n) is 11.3. The van der Waals surface area contributed by atoms with Crippen molar-refractivity contribution in [3.63, 3.8) is 0 Å². The van der Waals surface area contributed by atoms with Crippen LogP contribution in [0.1, 0.15) is 24.8 Å². The minimum atomic E-state index is 0. The molecule has 8 heteroatoms. The lowest BCUT2D eigenvalue weighted by Crippen LogP contribution is -2.47. The Balaban J connectivity index is 0.00000341. The second kappa shape index (κ2) is 13.4. The van der Waals surface area contributed by atoms with Gasteiger partial charge in [0.25, 0.3) is 0 Å². The molecule has 2 saturated heterocycles. The molecule has 0 aromatic heterocycles. The van der Waals surface area contributed by atoms with Crippen molar-refractivity contribution in [1.29, 1.82) is 0 Å². The summed E-state index contributed by atoms with van der Waals surface area (Å²) < 4.78 is 5.57. The summed E-state index contributed by atoms with van der Waals surface area (Å²) in [6.45, 7) is 11.1. The normalized spacial score (nSPS) is 22.3. The summed E-state index contributed by atoms with van der Waals surface area (Å²) in [5.41, 5.74) is 2.70. The number of nitrogens with one attached hydrogen (secondary N) is 2. The van der Waals surface area contributed by atoms with E-state index in [0.29, 0.717) is 6.61 Å². The van der Waals surface area contributed by atoms with E-state index >= 15 is 0 Å². The molecule has 3 N–H and O–H groups in total. The van der Waals surface area contributed by atoms with Crippen molar-refractivity contribution in [3.8, 4) is 0 Å².